The van der Waals surface area contributed by atoms with Crippen LogP contribution in [-0.4, -0.2) is 36.9 Å². The molecule has 9 nitrogen and oxygen atoms in total. The van der Waals surface area contributed by atoms with E-state index in [9.17, 15) is 21.6 Å². The third kappa shape index (κ3) is 5.25. The lowest BCUT2D eigenvalue weighted by Crippen LogP contribution is -2.20. The summed E-state index contributed by atoms with van der Waals surface area (Å²) in [6, 6.07) is 18.0. The van der Waals surface area contributed by atoms with E-state index in [2.05, 4.69) is 14.8 Å². The molecule has 0 aliphatic carbocycles. The van der Waals surface area contributed by atoms with Gasteiger partial charge in [-0.05, 0) is 55.6 Å². The minimum Gasteiger partial charge on any atom is -0.495 e. The number of nitrogens with one attached hydrogen (secondary N) is 3. The van der Waals surface area contributed by atoms with Crippen molar-refractivity contribution in [1.29, 1.82) is 0 Å². The van der Waals surface area contributed by atoms with E-state index in [0.717, 1.165) is 0 Å². The monoisotopic (exact) mass is 475 g/mol. The summed E-state index contributed by atoms with van der Waals surface area (Å²) in [5.41, 5.74) is 0.645. The van der Waals surface area contributed by atoms with Crippen LogP contribution in [0, 0.1) is 0 Å². The molecule has 168 valence electrons. The van der Waals surface area contributed by atoms with E-state index < -0.39 is 26.0 Å². The van der Waals surface area contributed by atoms with Gasteiger partial charge in [-0.1, -0.05) is 24.3 Å². The zero-order chi connectivity index (χ0) is 23.4. The highest BCUT2D eigenvalue weighted by Crippen LogP contribution is 2.26. The normalized spacial score (nSPS) is 11.6. The van der Waals surface area contributed by atoms with E-state index in [-0.39, 0.29) is 26.8 Å². The summed E-state index contributed by atoms with van der Waals surface area (Å²) in [6.07, 6.45) is 0. The number of anilines is 2. The summed E-state index contributed by atoms with van der Waals surface area (Å²) in [6.45, 7) is 0. The first-order chi connectivity index (χ1) is 15.2. The Labute approximate surface area is 186 Å². The standard InChI is InChI=1S/C21H21N3O6S2/c1-22-32(28,29)20-13-15(11-12-19(20)30-2)21(25)23-16-7-6-8-17(14-16)24-31(26,27)18-9-4-3-5-10-18/h3-14,22,24H,1-2H3,(H,23,25). The fourth-order valence-corrected chi connectivity index (χ4v) is 4.80. The van der Waals surface area contributed by atoms with Crippen LogP contribution in [0.1, 0.15) is 10.4 Å². The third-order valence-electron chi connectivity index (χ3n) is 4.41. The lowest BCUT2D eigenvalue weighted by molar-refractivity contribution is 0.102. The summed E-state index contributed by atoms with van der Waals surface area (Å²) in [4.78, 5) is 12.6. The Balaban J connectivity index is 1.83. The van der Waals surface area contributed by atoms with Crippen LogP contribution in [0.4, 0.5) is 11.4 Å². The van der Waals surface area contributed by atoms with E-state index in [1.165, 1.54) is 50.6 Å². The van der Waals surface area contributed by atoms with Crippen molar-refractivity contribution in [3.63, 3.8) is 0 Å². The van der Waals surface area contributed by atoms with Crippen molar-refractivity contribution in [3.05, 3.63) is 78.4 Å². The van der Waals surface area contributed by atoms with E-state index in [0.29, 0.717) is 5.69 Å². The molecule has 0 heterocycles. The largest absolute Gasteiger partial charge is 0.495 e. The Hall–Kier alpha value is -3.41. The maximum atomic E-state index is 12.7. The van der Waals surface area contributed by atoms with Crippen molar-refractivity contribution in [1.82, 2.24) is 4.72 Å². The average molecular weight is 476 g/mol. The molecule has 0 fully saturated rings. The zero-order valence-corrected chi connectivity index (χ0v) is 18.8. The molecule has 0 bridgehead atoms. The number of rotatable bonds is 8. The Morgan fingerprint density at radius 3 is 2.16 bits per heavy atom. The van der Waals surface area contributed by atoms with Gasteiger partial charge >= 0.3 is 0 Å². The molecule has 0 spiro atoms. The summed E-state index contributed by atoms with van der Waals surface area (Å²) in [5, 5.41) is 2.63. The second-order valence-corrected chi connectivity index (χ2v) is 10.1. The van der Waals surface area contributed by atoms with Crippen molar-refractivity contribution >= 4 is 37.3 Å². The van der Waals surface area contributed by atoms with Gasteiger partial charge in [0.1, 0.15) is 10.6 Å². The second kappa shape index (κ2) is 9.39. The van der Waals surface area contributed by atoms with Gasteiger partial charge in [-0.15, -0.1) is 0 Å². The van der Waals surface area contributed by atoms with Gasteiger partial charge in [-0.25, -0.2) is 21.6 Å². The summed E-state index contributed by atoms with van der Waals surface area (Å²) >= 11 is 0. The molecule has 0 aromatic heterocycles. The molecule has 3 N–H and O–H groups in total. The number of methoxy groups -OCH3 is 1. The molecular formula is C21H21N3O6S2. The van der Waals surface area contributed by atoms with Crippen molar-refractivity contribution in [2.45, 2.75) is 9.79 Å². The molecule has 32 heavy (non-hydrogen) atoms. The molecule has 3 rings (SSSR count). The highest BCUT2D eigenvalue weighted by Gasteiger charge is 2.20. The van der Waals surface area contributed by atoms with Gasteiger partial charge in [0.15, 0.2) is 0 Å². The molecule has 11 heteroatoms. The molecule has 0 atom stereocenters. The van der Waals surface area contributed by atoms with Crippen LogP contribution in [0.25, 0.3) is 0 Å². The summed E-state index contributed by atoms with van der Waals surface area (Å²) < 4.78 is 59.2. The highest BCUT2D eigenvalue weighted by atomic mass is 32.2. The number of hydrogen-bond acceptors (Lipinski definition) is 6. The molecule has 0 radical (unpaired) electrons. The van der Waals surface area contributed by atoms with Gasteiger partial charge in [-0.2, -0.15) is 0 Å². The van der Waals surface area contributed by atoms with Gasteiger partial charge in [0.05, 0.1) is 17.7 Å². The zero-order valence-electron chi connectivity index (χ0n) is 17.2. The van der Waals surface area contributed by atoms with E-state index >= 15 is 0 Å². The van der Waals surface area contributed by atoms with Crippen molar-refractivity contribution in [2.75, 3.05) is 24.2 Å². The molecule has 0 aliphatic rings. The van der Waals surface area contributed by atoms with Crippen molar-refractivity contribution < 1.29 is 26.4 Å². The number of carbonyl (C=O) groups is 1. The number of amides is 1. The fraction of sp³-hybridized carbons (Fsp3) is 0.0952. The minimum absolute atomic E-state index is 0.0786. The van der Waals surface area contributed by atoms with Gasteiger partial charge in [0, 0.05) is 11.3 Å². The number of carbonyl (C=O) groups excluding carboxylic acids is 1. The van der Waals surface area contributed by atoms with Gasteiger partial charge < -0.3 is 10.1 Å². The molecule has 0 saturated heterocycles. The minimum atomic E-state index is -3.85. The average Bonchev–Trinajstić information content (AvgIpc) is 2.79. The number of sulfonamides is 2. The summed E-state index contributed by atoms with van der Waals surface area (Å²) in [5.74, 6) is -0.489. The summed E-state index contributed by atoms with van der Waals surface area (Å²) in [7, 11) is -5.07. The first-order valence-electron chi connectivity index (χ1n) is 9.27. The van der Waals surface area contributed by atoms with Gasteiger partial charge in [0.25, 0.3) is 15.9 Å². The maximum absolute atomic E-state index is 12.7. The predicted octanol–water partition coefficient (Wildman–Crippen LogP) is 2.66. The Morgan fingerprint density at radius 2 is 1.50 bits per heavy atom. The number of ether oxygens (including phenoxy) is 1. The Morgan fingerprint density at radius 1 is 0.812 bits per heavy atom. The Kier molecular flexibility index (Phi) is 6.82. The lowest BCUT2D eigenvalue weighted by Gasteiger charge is -2.12. The van der Waals surface area contributed by atoms with Crippen LogP contribution in [0.5, 0.6) is 5.75 Å². The van der Waals surface area contributed by atoms with Crippen LogP contribution in [0.15, 0.2) is 82.6 Å². The number of hydrogen-bond donors (Lipinski definition) is 3. The maximum Gasteiger partial charge on any atom is 0.261 e. The molecule has 0 aliphatic heterocycles. The topological polar surface area (TPSA) is 131 Å². The van der Waals surface area contributed by atoms with Crippen LogP contribution in [0.2, 0.25) is 0 Å². The van der Waals surface area contributed by atoms with Crippen LogP contribution in [-0.2, 0) is 20.0 Å². The quantitative estimate of drug-likeness (QED) is 0.459. The highest BCUT2D eigenvalue weighted by molar-refractivity contribution is 7.92. The smallest absolute Gasteiger partial charge is 0.261 e. The van der Waals surface area contributed by atoms with Crippen LogP contribution < -0.4 is 19.5 Å². The molecule has 1 amide bonds. The van der Waals surface area contributed by atoms with E-state index in [1.54, 1.807) is 36.4 Å². The SMILES string of the molecule is CNS(=O)(=O)c1cc(C(=O)Nc2cccc(NS(=O)(=O)c3ccccc3)c2)ccc1OC. The molecular weight excluding hydrogens is 454 g/mol. The predicted molar refractivity (Wildman–Crippen MR) is 121 cm³/mol. The molecule has 0 saturated carbocycles. The lowest BCUT2D eigenvalue weighted by atomic mass is 10.2. The number of benzene rings is 3. The molecule has 3 aromatic carbocycles. The van der Waals surface area contributed by atoms with Gasteiger partial charge in [0.2, 0.25) is 10.0 Å². The van der Waals surface area contributed by atoms with Gasteiger partial charge in [-0.3, -0.25) is 9.52 Å². The van der Waals surface area contributed by atoms with Crippen LogP contribution in [0.3, 0.4) is 0 Å². The Bertz CT molecular complexity index is 1340. The molecule has 0 unspecified atom stereocenters. The van der Waals surface area contributed by atoms with Crippen molar-refractivity contribution in [2.24, 2.45) is 0 Å². The second-order valence-electron chi connectivity index (χ2n) is 6.53. The first-order valence-corrected chi connectivity index (χ1v) is 12.2. The van der Waals surface area contributed by atoms with Crippen LogP contribution >= 0.6 is 0 Å². The first kappa shape index (κ1) is 23.3. The molecule has 3 aromatic rings. The van der Waals surface area contributed by atoms with E-state index in [4.69, 9.17) is 4.74 Å². The van der Waals surface area contributed by atoms with E-state index in [1.807, 2.05) is 0 Å². The fourth-order valence-electron chi connectivity index (χ4n) is 2.82. The third-order valence-corrected chi connectivity index (χ3v) is 7.24. The van der Waals surface area contributed by atoms with Crippen molar-refractivity contribution in [3.8, 4) is 5.75 Å².